The predicted octanol–water partition coefficient (Wildman–Crippen LogP) is 3.18. The smallest absolute Gasteiger partial charge is 0.282 e. The van der Waals surface area contributed by atoms with Crippen LogP contribution < -0.4 is 16.2 Å². The number of carbonyl (C=O) groups is 1. The van der Waals surface area contributed by atoms with E-state index in [0.717, 1.165) is 12.8 Å². The lowest BCUT2D eigenvalue weighted by molar-refractivity contribution is -0.385. The summed E-state index contributed by atoms with van der Waals surface area (Å²) in [5.74, 6) is 0.402. The maximum Gasteiger partial charge on any atom is 0.282 e. The molecule has 0 aliphatic heterocycles. The van der Waals surface area contributed by atoms with E-state index >= 15 is 0 Å². The highest BCUT2D eigenvalue weighted by Crippen LogP contribution is 2.29. The van der Waals surface area contributed by atoms with E-state index in [-0.39, 0.29) is 27.4 Å². The van der Waals surface area contributed by atoms with E-state index in [2.05, 4.69) is 30.0 Å². The number of hydrazine groups is 1. The summed E-state index contributed by atoms with van der Waals surface area (Å²) < 4.78 is 0. The van der Waals surface area contributed by atoms with Gasteiger partial charge in [-0.1, -0.05) is 38.3 Å². The summed E-state index contributed by atoms with van der Waals surface area (Å²) >= 11 is 11.0. The number of nitro groups is 1. The molecule has 25 heavy (non-hydrogen) atoms. The minimum Gasteiger partial charge on any atom is -0.358 e. The van der Waals surface area contributed by atoms with Gasteiger partial charge in [0.15, 0.2) is 5.11 Å². The van der Waals surface area contributed by atoms with Crippen LogP contribution >= 0.6 is 23.8 Å². The number of hydrogen-bond donors (Lipinski definition) is 3. The van der Waals surface area contributed by atoms with Crippen LogP contribution in [-0.4, -0.2) is 22.0 Å². The minimum atomic E-state index is -0.677. The van der Waals surface area contributed by atoms with Gasteiger partial charge < -0.3 is 5.32 Å². The van der Waals surface area contributed by atoms with Crippen molar-refractivity contribution in [1.82, 2.24) is 16.2 Å². The van der Waals surface area contributed by atoms with Crippen LogP contribution in [0.4, 0.5) is 5.69 Å². The van der Waals surface area contributed by atoms with Crippen molar-refractivity contribution in [3.63, 3.8) is 0 Å². The maximum atomic E-state index is 12.2. The summed E-state index contributed by atoms with van der Waals surface area (Å²) in [6.07, 6.45) is 3.35. The molecular formula is C16H21ClN4O3S. The van der Waals surface area contributed by atoms with Gasteiger partial charge in [-0.25, -0.2) is 0 Å². The van der Waals surface area contributed by atoms with Gasteiger partial charge in [0.25, 0.3) is 11.6 Å². The van der Waals surface area contributed by atoms with E-state index in [1.165, 1.54) is 24.6 Å². The molecule has 3 atom stereocenters. The average Bonchev–Trinajstić information content (AvgIpc) is 2.56. The molecule has 0 bridgehead atoms. The number of nitro benzene ring substituents is 1. The predicted molar refractivity (Wildman–Crippen MR) is 100 cm³/mol. The normalized spacial score (nSPS) is 22.8. The third kappa shape index (κ3) is 5.02. The van der Waals surface area contributed by atoms with Crippen molar-refractivity contribution in [1.29, 1.82) is 0 Å². The van der Waals surface area contributed by atoms with Gasteiger partial charge in [-0.2, -0.15) is 0 Å². The van der Waals surface area contributed by atoms with Crippen LogP contribution in [-0.2, 0) is 0 Å². The van der Waals surface area contributed by atoms with Crippen LogP contribution in [0.1, 0.15) is 43.5 Å². The van der Waals surface area contributed by atoms with Gasteiger partial charge in [-0.3, -0.25) is 25.8 Å². The topological polar surface area (TPSA) is 96.3 Å². The van der Waals surface area contributed by atoms with Crippen molar-refractivity contribution in [3.05, 3.63) is 38.9 Å². The van der Waals surface area contributed by atoms with E-state index in [1.807, 2.05) is 0 Å². The zero-order valence-electron chi connectivity index (χ0n) is 14.0. The number of hydrogen-bond acceptors (Lipinski definition) is 4. The Hall–Kier alpha value is -1.93. The van der Waals surface area contributed by atoms with E-state index in [0.29, 0.717) is 11.8 Å². The van der Waals surface area contributed by atoms with Gasteiger partial charge in [-0.05, 0) is 42.6 Å². The standard InChI is InChI=1S/C16H21ClN4O3S/c1-9-4-3-5-13(10(9)2)18-16(25)20-19-15(22)12-8-11(17)6-7-14(12)21(23)24/h6-10,13H,3-5H2,1-2H3,(H,19,22)(H2,18,20,25)/t9-,10+,13+/m0/s1. The fraction of sp³-hybridized carbons (Fsp3) is 0.500. The molecule has 0 aromatic heterocycles. The molecular weight excluding hydrogens is 364 g/mol. The number of thiocarbonyl (C=S) groups is 1. The lowest BCUT2D eigenvalue weighted by Gasteiger charge is -2.35. The lowest BCUT2D eigenvalue weighted by atomic mass is 9.78. The van der Waals surface area contributed by atoms with Crippen LogP contribution in [0, 0.1) is 22.0 Å². The molecule has 3 N–H and O–H groups in total. The molecule has 2 rings (SSSR count). The van der Waals surface area contributed by atoms with Crippen LogP contribution in [0.3, 0.4) is 0 Å². The highest BCUT2D eigenvalue weighted by Gasteiger charge is 2.27. The first-order chi connectivity index (χ1) is 11.8. The molecule has 0 radical (unpaired) electrons. The second-order valence-electron chi connectivity index (χ2n) is 6.34. The molecule has 0 unspecified atom stereocenters. The Balaban J connectivity index is 1.95. The Morgan fingerprint density at radius 3 is 2.72 bits per heavy atom. The Kier molecular flexibility index (Phi) is 6.55. The first kappa shape index (κ1) is 19.4. The van der Waals surface area contributed by atoms with E-state index in [4.69, 9.17) is 23.8 Å². The molecule has 0 spiro atoms. The average molecular weight is 385 g/mol. The molecule has 1 aliphatic carbocycles. The van der Waals surface area contributed by atoms with Gasteiger partial charge in [0.1, 0.15) is 5.56 Å². The molecule has 1 aliphatic rings. The first-order valence-electron chi connectivity index (χ1n) is 8.10. The van der Waals surface area contributed by atoms with E-state index < -0.39 is 10.8 Å². The highest BCUT2D eigenvalue weighted by atomic mass is 35.5. The third-order valence-corrected chi connectivity index (χ3v) is 5.17. The Morgan fingerprint density at radius 2 is 2.04 bits per heavy atom. The number of benzene rings is 1. The van der Waals surface area contributed by atoms with Crippen molar-refractivity contribution in [2.75, 3.05) is 0 Å². The Labute approximate surface area is 156 Å². The quantitative estimate of drug-likeness (QED) is 0.420. The summed E-state index contributed by atoms with van der Waals surface area (Å²) in [5, 5.41) is 14.7. The molecule has 0 saturated heterocycles. The molecule has 1 aromatic rings. The van der Waals surface area contributed by atoms with Gasteiger partial charge in [0, 0.05) is 17.1 Å². The van der Waals surface area contributed by atoms with Crippen LogP contribution in [0.15, 0.2) is 18.2 Å². The van der Waals surface area contributed by atoms with Gasteiger partial charge in [0.2, 0.25) is 0 Å². The SMILES string of the molecule is C[C@@H]1[C@@H](C)CCC[C@H]1NC(=S)NNC(=O)c1cc(Cl)ccc1[N+](=O)[O-]. The van der Waals surface area contributed by atoms with Crippen molar-refractivity contribution >= 4 is 40.5 Å². The summed E-state index contributed by atoms with van der Waals surface area (Å²) in [6, 6.07) is 4.04. The van der Waals surface area contributed by atoms with Gasteiger partial charge >= 0.3 is 0 Å². The number of amides is 1. The van der Waals surface area contributed by atoms with Crippen molar-refractivity contribution in [2.45, 2.75) is 39.2 Å². The summed E-state index contributed by atoms with van der Waals surface area (Å²) in [5.41, 5.74) is 4.53. The van der Waals surface area contributed by atoms with Crippen LogP contribution in [0.5, 0.6) is 0 Å². The Bertz CT molecular complexity index is 685. The summed E-state index contributed by atoms with van der Waals surface area (Å²) in [6.45, 7) is 4.40. The first-order valence-corrected chi connectivity index (χ1v) is 8.89. The van der Waals surface area contributed by atoms with E-state index in [1.54, 1.807) is 0 Å². The summed E-state index contributed by atoms with van der Waals surface area (Å²) in [4.78, 5) is 22.6. The number of carbonyl (C=O) groups excluding carboxylic acids is 1. The van der Waals surface area contributed by atoms with Crippen LogP contribution in [0.2, 0.25) is 5.02 Å². The summed E-state index contributed by atoms with van der Waals surface area (Å²) in [7, 11) is 0. The number of halogens is 1. The molecule has 1 amide bonds. The van der Waals surface area contributed by atoms with Gasteiger partial charge in [-0.15, -0.1) is 0 Å². The largest absolute Gasteiger partial charge is 0.358 e. The second kappa shape index (κ2) is 8.44. The monoisotopic (exact) mass is 384 g/mol. The number of nitrogens with one attached hydrogen (secondary N) is 3. The second-order valence-corrected chi connectivity index (χ2v) is 7.19. The zero-order valence-corrected chi connectivity index (χ0v) is 15.6. The lowest BCUT2D eigenvalue weighted by Crippen LogP contribution is -2.52. The molecule has 136 valence electrons. The fourth-order valence-electron chi connectivity index (χ4n) is 3.02. The third-order valence-electron chi connectivity index (χ3n) is 4.71. The Morgan fingerprint density at radius 1 is 1.32 bits per heavy atom. The van der Waals surface area contributed by atoms with Crippen LogP contribution in [0.25, 0.3) is 0 Å². The number of rotatable bonds is 3. The number of nitrogens with zero attached hydrogens (tertiary/aromatic N) is 1. The minimum absolute atomic E-state index is 0.132. The molecule has 1 aromatic carbocycles. The molecule has 1 fully saturated rings. The molecule has 9 heteroatoms. The van der Waals surface area contributed by atoms with Crippen molar-refractivity contribution in [3.8, 4) is 0 Å². The highest BCUT2D eigenvalue weighted by molar-refractivity contribution is 7.80. The van der Waals surface area contributed by atoms with Crippen molar-refractivity contribution in [2.24, 2.45) is 11.8 Å². The molecule has 1 saturated carbocycles. The molecule has 0 heterocycles. The maximum absolute atomic E-state index is 12.2. The fourth-order valence-corrected chi connectivity index (χ4v) is 3.39. The van der Waals surface area contributed by atoms with Crippen molar-refractivity contribution < 1.29 is 9.72 Å². The van der Waals surface area contributed by atoms with E-state index in [9.17, 15) is 14.9 Å². The van der Waals surface area contributed by atoms with Gasteiger partial charge in [0.05, 0.1) is 4.92 Å². The molecule has 7 nitrogen and oxygen atoms in total. The zero-order chi connectivity index (χ0) is 18.6.